The Bertz CT molecular complexity index is 756. The van der Waals surface area contributed by atoms with Crippen LogP contribution in [-0.2, 0) is 0 Å². The van der Waals surface area contributed by atoms with Crippen molar-refractivity contribution in [3.8, 4) is 6.07 Å². The summed E-state index contributed by atoms with van der Waals surface area (Å²) in [6.07, 6.45) is 0. The van der Waals surface area contributed by atoms with E-state index in [4.69, 9.17) is 23.2 Å². The fourth-order valence-electron chi connectivity index (χ4n) is 1.85. The van der Waals surface area contributed by atoms with Gasteiger partial charge >= 0.3 is 0 Å². The number of hydrogen-bond donors (Lipinski definition) is 0. The second-order valence-electron chi connectivity index (χ2n) is 4.19. The van der Waals surface area contributed by atoms with Crippen molar-refractivity contribution in [1.82, 2.24) is 0 Å². The molecule has 0 N–H and O–H groups in total. The van der Waals surface area contributed by atoms with Crippen molar-refractivity contribution in [3.05, 3.63) is 69.2 Å². The van der Waals surface area contributed by atoms with Crippen molar-refractivity contribution >= 4 is 29.0 Å². The standard InChI is InChI=1S/C15H7Cl2F2NO/c16-11-4-2-1-3-8(11)10(7-20)15(21)9-5-14(19)12(17)6-13(9)18/h1-6,10H. The minimum atomic E-state index is -1.33. The predicted molar refractivity (Wildman–Crippen MR) is 75.5 cm³/mol. The molecule has 0 aliphatic rings. The minimum absolute atomic E-state index is 0.201. The summed E-state index contributed by atoms with van der Waals surface area (Å²) in [4.78, 5) is 12.3. The Morgan fingerprint density at radius 3 is 2.38 bits per heavy atom. The topological polar surface area (TPSA) is 40.9 Å². The highest BCUT2D eigenvalue weighted by Crippen LogP contribution is 2.29. The van der Waals surface area contributed by atoms with Crippen LogP contribution in [0.3, 0.4) is 0 Å². The Balaban J connectivity index is 2.50. The van der Waals surface area contributed by atoms with Gasteiger partial charge in [0.1, 0.15) is 17.6 Å². The molecule has 2 rings (SSSR count). The van der Waals surface area contributed by atoms with E-state index in [2.05, 4.69) is 0 Å². The normalized spacial score (nSPS) is 11.8. The number of carbonyl (C=O) groups excluding carboxylic acids is 1. The lowest BCUT2D eigenvalue weighted by molar-refractivity contribution is 0.0974. The molecule has 0 spiro atoms. The van der Waals surface area contributed by atoms with Crippen molar-refractivity contribution in [2.45, 2.75) is 5.92 Å². The zero-order chi connectivity index (χ0) is 15.6. The van der Waals surface area contributed by atoms with Crippen molar-refractivity contribution in [2.24, 2.45) is 0 Å². The third-order valence-corrected chi connectivity index (χ3v) is 3.52. The zero-order valence-electron chi connectivity index (χ0n) is 10.4. The van der Waals surface area contributed by atoms with Gasteiger partial charge in [0.15, 0.2) is 5.78 Å². The Kier molecular flexibility index (Phi) is 4.56. The maximum atomic E-state index is 13.8. The molecule has 1 unspecified atom stereocenters. The largest absolute Gasteiger partial charge is 0.292 e. The molecule has 106 valence electrons. The summed E-state index contributed by atoms with van der Waals surface area (Å²) in [5.41, 5.74) is -0.301. The Hall–Kier alpha value is -1.96. The highest BCUT2D eigenvalue weighted by atomic mass is 35.5. The molecule has 0 fully saturated rings. The number of rotatable bonds is 3. The first-order valence-electron chi connectivity index (χ1n) is 5.78. The van der Waals surface area contributed by atoms with Gasteiger partial charge in [-0.25, -0.2) is 8.78 Å². The van der Waals surface area contributed by atoms with Crippen LogP contribution in [0.4, 0.5) is 8.78 Å². The van der Waals surface area contributed by atoms with E-state index in [1.807, 2.05) is 0 Å². The van der Waals surface area contributed by atoms with Crippen LogP contribution in [0.15, 0.2) is 36.4 Å². The van der Waals surface area contributed by atoms with E-state index in [0.717, 1.165) is 0 Å². The maximum Gasteiger partial charge on any atom is 0.187 e. The maximum absolute atomic E-state index is 13.8. The first-order valence-corrected chi connectivity index (χ1v) is 6.54. The van der Waals surface area contributed by atoms with Crippen molar-refractivity contribution in [3.63, 3.8) is 0 Å². The Morgan fingerprint density at radius 1 is 1.10 bits per heavy atom. The third kappa shape index (κ3) is 3.05. The predicted octanol–water partition coefficient (Wildman–Crippen LogP) is 4.76. The molecule has 6 heteroatoms. The van der Waals surface area contributed by atoms with Crippen LogP contribution in [0, 0.1) is 23.0 Å². The average Bonchev–Trinajstić information content (AvgIpc) is 2.45. The summed E-state index contributed by atoms with van der Waals surface area (Å²) in [6, 6.07) is 9.36. The van der Waals surface area contributed by atoms with Crippen LogP contribution in [0.5, 0.6) is 0 Å². The van der Waals surface area contributed by atoms with Crippen LogP contribution in [0.1, 0.15) is 21.8 Å². The van der Waals surface area contributed by atoms with E-state index < -0.39 is 33.9 Å². The molecule has 0 bridgehead atoms. The number of carbonyl (C=O) groups is 1. The molecule has 2 aromatic carbocycles. The van der Waals surface area contributed by atoms with Crippen molar-refractivity contribution < 1.29 is 13.6 Å². The van der Waals surface area contributed by atoms with Crippen LogP contribution in [0.2, 0.25) is 10.0 Å². The van der Waals surface area contributed by atoms with E-state index in [9.17, 15) is 18.8 Å². The molecule has 2 aromatic rings. The minimum Gasteiger partial charge on any atom is -0.292 e. The quantitative estimate of drug-likeness (QED) is 0.603. The van der Waals surface area contributed by atoms with E-state index in [0.29, 0.717) is 12.1 Å². The van der Waals surface area contributed by atoms with Crippen LogP contribution >= 0.6 is 23.2 Å². The number of hydrogen-bond acceptors (Lipinski definition) is 2. The lowest BCUT2D eigenvalue weighted by atomic mass is 9.91. The van der Waals surface area contributed by atoms with E-state index in [1.165, 1.54) is 12.1 Å². The van der Waals surface area contributed by atoms with Crippen LogP contribution in [0.25, 0.3) is 0 Å². The molecule has 0 saturated heterocycles. The van der Waals surface area contributed by atoms with Crippen molar-refractivity contribution in [2.75, 3.05) is 0 Å². The van der Waals surface area contributed by atoms with Crippen LogP contribution in [-0.4, -0.2) is 5.78 Å². The summed E-state index contributed by atoms with van der Waals surface area (Å²) in [5.74, 6) is -4.12. The second-order valence-corrected chi connectivity index (χ2v) is 5.01. The second kappa shape index (κ2) is 6.21. The molecule has 0 amide bonds. The number of ketones is 1. The molecular formula is C15H7Cl2F2NO. The van der Waals surface area contributed by atoms with E-state index >= 15 is 0 Å². The number of halogens is 4. The summed E-state index contributed by atoms with van der Waals surface area (Å²) in [5, 5.41) is 8.94. The molecule has 0 heterocycles. The third-order valence-electron chi connectivity index (χ3n) is 2.88. The van der Waals surface area contributed by atoms with Crippen LogP contribution < -0.4 is 0 Å². The van der Waals surface area contributed by atoms with Gasteiger partial charge in [0.05, 0.1) is 16.7 Å². The van der Waals surface area contributed by atoms with Crippen molar-refractivity contribution in [1.29, 1.82) is 5.26 Å². The number of nitriles is 1. The van der Waals surface area contributed by atoms with Gasteiger partial charge in [0.2, 0.25) is 0 Å². The molecule has 2 nitrogen and oxygen atoms in total. The molecular weight excluding hydrogens is 319 g/mol. The lowest BCUT2D eigenvalue weighted by Crippen LogP contribution is -2.14. The number of benzene rings is 2. The molecule has 21 heavy (non-hydrogen) atoms. The average molecular weight is 326 g/mol. The highest BCUT2D eigenvalue weighted by Gasteiger charge is 2.27. The lowest BCUT2D eigenvalue weighted by Gasteiger charge is -2.11. The monoisotopic (exact) mass is 325 g/mol. The zero-order valence-corrected chi connectivity index (χ0v) is 11.9. The summed E-state index contributed by atoms with van der Waals surface area (Å²) < 4.78 is 27.2. The highest BCUT2D eigenvalue weighted by molar-refractivity contribution is 6.32. The van der Waals surface area contributed by atoms with Gasteiger partial charge in [-0.05, 0) is 23.8 Å². The number of Topliss-reactive ketones (excluding diaryl/α,β-unsaturated/α-hetero) is 1. The van der Waals surface area contributed by atoms with Gasteiger partial charge in [-0.15, -0.1) is 0 Å². The number of nitrogens with zero attached hydrogens (tertiary/aromatic N) is 1. The van der Waals surface area contributed by atoms with Gasteiger partial charge in [-0.3, -0.25) is 4.79 Å². The first-order chi connectivity index (χ1) is 9.95. The van der Waals surface area contributed by atoms with Gasteiger partial charge in [-0.1, -0.05) is 41.4 Å². The Morgan fingerprint density at radius 2 is 1.76 bits per heavy atom. The molecule has 1 atom stereocenters. The fourth-order valence-corrected chi connectivity index (χ4v) is 2.24. The first kappa shape index (κ1) is 15.4. The van der Waals surface area contributed by atoms with Gasteiger partial charge in [0, 0.05) is 5.02 Å². The molecule has 0 aromatic heterocycles. The molecule has 0 saturated carbocycles. The molecule has 0 radical (unpaired) electrons. The Labute approximate surface area is 129 Å². The van der Waals surface area contributed by atoms with Gasteiger partial charge in [0.25, 0.3) is 0 Å². The fraction of sp³-hybridized carbons (Fsp3) is 0.0667. The smallest absolute Gasteiger partial charge is 0.187 e. The molecule has 0 aliphatic heterocycles. The SMILES string of the molecule is N#CC(C(=O)c1cc(F)c(Cl)cc1F)c1ccccc1Cl. The van der Waals surface area contributed by atoms with E-state index in [-0.39, 0.29) is 10.6 Å². The molecule has 0 aliphatic carbocycles. The van der Waals surface area contributed by atoms with Gasteiger partial charge < -0.3 is 0 Å². The summed E-state index contributed by atoms with van der Waals surface area (Å²) >= 11 is 11.4. The van der Waals surface area contributed by atoms with E-state index in [1.54, 1.807) is 18.2 Å². The summed E-state index contributed by atoms with van der Waals surface area (Å²) in [7, 11) is 0. The summed E-state index contributed by atoms with van der Waals surface area (Å²) in [6.45, 7) is 0. The van der Waals surface area contributed by atoms with Gasteiger partial charge in [-0.2, -0.15) is 5.26 Å².